The number of aryl methyl sites for hydroxylation is 1. The Morgan fingerprint density at radius 2 is 2.27 bits per heavy atom. The quantitative estimate of drug-likeness (QED) is 0.601. The Labute approximate surface area is 88.9 Å². The molecule has 1 atom stereocenters. The molecule has 2 N–H and O–H groups in total. The number of nitrogens with zero attached hydrogens (tertiary/aromatic N) is 2. The second kappa shape index (κ2) is 6.97. The van der Waals surface area contributed by atoms with Crippen LogP contribution in [0.15, 0.2) is 18.7 Å². The molecule has 1 rings (SSSR count). The molecule has 86 valence electrons. The molecule has 0 aliphatic heterocycles. The number of aliphatic carboxylic acids is 1. The van der Waals surface area contributed by atoms with Gasteiger partial charge in [0.2, 0.25) is 6.33 Å². The normalized spacial score (nSPS) is 11.5. The third kappa shape index (κ3) is 5.82. The van der Waals surface area contributed by atoms with Gasteiger partial charge in [-0.15, -0.1) is 0 Å². The SMILES string of the molecule is COC(C)n1cc[n+](C)c1.NCC(=O)[O-]. The molecule has 0 aliphatic carbocycles. The lowest BCUT2D eigenvalue weighted by Crippen LogP contribution is -2.30. The summed E-state index contributed by atoms with van der Waals surface area (Å²) in [4.78, 5) is 9.13. The maximum atomic E-state index is 9.13. The standard InChI is InChI=1S/C7H13N2O.C2H5NO2/c1-7(10-3)9-5-4-8(2)6-9;3-1-2(4)5/h4-7H,1-3H3;1,3H2,(H,4,5)/q+1;/p-1. The van der Waals surface area contributed by atoms with Gasteiger partial charge in [0.1, 0.15) is 12.4 Å². The first-order valence-corrected chi connectivity index (χ1v) is 4.46. The predicted molar refractivity (Wildman–Crippen MR) is 51.4 cm³/mol. The molecule has 0 radical (unpaired) electrons. The molecule has 6 nitrogen and oxygen atoms in total. The van der Waals surface area contributed by atoms with Crippen molar-refractivity contribution in [3.05, 3.63) is 18.7 Å². The molecule has 0 amide bonds. The third-order valence-corrected chi connectivity index (χ3v) is 1.72. The number of ether oxygens (including phenoxy) is 1. The fourth-order valence-corrected chi connectivity index (χ4v) is 0.806. The first kappa shape index (κ1) is 13.6. The van der Waals surface area contributed by atoms with Crippen LogP contribution < -0.4 is 15.4 Å². The van der Waals surface area contributed by atoms with Gasteiger partial charge in [-0.2, -0.15) is 0 Å². The van der Waals surface area contributed by atoms with Gasteiger partial charge in [0.15, 0.2) is 6.23 Å². The summed E-state index contributed by atoms with van der Waals surface area (Å²) < 4.78 is 9.08. The molecule has 0 saturated carbocycles. The average Bonchev–Trinajstić information content (AvgIpc) is 2.64. The smallest absolute Gasteiger partial charge is 0.245 e. The molecule has 6 heteroatoms. The van der Waals surface area contributed by atoms with Crippen LogP contribution in [0.5, 0.6) is 0 Å². The van der Waals surface area contributed by atoms with Crippen LogP contribution >= 0.6 is 0 Å². The van der Waals surface area contributed by atoms with Gasteiger partial charge >= 0.3 is 0 Å². The van der Waals surface area contributed by atoms with Gasteiger partial charge in [-0.3, -0.25) is 0 Å². The van der Waals surface area contributed by atoms with Gasteiger partial charge in [0, 0.05) is 20.6 Å². The fraction of sp³-hybridized carbons (Fsp3) is 0.556. The molecular formula is C9H17N3O3. The fourth-order valence-electron chi connectivity index (χ4n) is 0.806. The van der Waals surface area contributed by atoms with E-state index in [1.165, 1.54) is 0 Å². The van der Waals surface area contributed by atoms with E-state index in [1.54, 1.807) is 7.11 Å². The second-order valence-electron chi connectivity index (χ2n) is 2.94. The van der Waals surface area contributed by atoms with Gasteiger partial charge in [-0.05, 0) is 0 Å². The van der Waals surface area contributed by atoms with Crippen LogP contribution in [0, 0.1) is 0 Å². The van der Waals surface area contributed by atoms with Crippen LogP contribution in [-0.4, -0.2) is 24.2 Å². The Morgan fingerprint density at radius 3 is 2.53 bits per heavy atom. The monoisotopic (exact) mass is 215 g/mol. The number of aromatic nitrogens is 2. The molecule has 0 spiro atoms. The summed E-state index contributed by atoms with van der Waals surface area (Å²) in [6.45, 7) is 1.61. The van der Waals surface area contributed by atoms with E-state index in [0.29, 0.717) is 0 Å². The number of nitrogens with two attached hydrogens (primary N) is 1. The number of carbonyl (C=O) groups is 1. The van der Waals surface area contributed by atoms with Gasteiger partial charge in [0.25, 0.3) is 0 Å². The van der Waals surface area contributed by atoms with Crippen LogP contribution in [0.3, 0.4) is 0 Å². The molecule has 0 aliphatic rings. The van der Waals surface area contributed by atoms with E-state index in [-0.39, 0.29) is 12.8 Å². The Hall–Kier alpha value is -1.40. The van der Waals surface area contributed by atoms with Crippen molar-refractivity contribution in [2.24, 2.45) is 12.8 Å². The average molecular weight is 215 g/mol. The van der Waals surface area contributed by atoms with Gasteiger partial charge < -0.3 is 20.4 Å². The molecular weight excluding hydrogens is 198 g/mol. The van der Waals surface area contributed by atoms with E-state index in [4.69, 9.17) is 14.6 Å². The lowest BCUT2D eigenvalue weighted by molar-refractivity contribution is -0.671. The number of carboxylic acid groups (broad SMARTS) is 1. The first-order chi connectivity index (χ1) is 7.01. The van der Waals surface area contributed by atoms with Gasteiger partial charge in [-0.1, -0.05) is 0 Å². The van der Waals surface area contributed by atoms with E-state index in [1.807, 2.05) is 41.8 Å². The van der Waals surface area contributed by atoms with E-state index in [9.17, 15) is 0 Å². The van der Waals surface area contributed by atoms with Crippen molar-refractivity contribution in [2.75, 3.05) is 13.7 Å². The largest absolute Gasteiger partial charge is 0.549 e. The number of carboxylic acids is 1. The van der Waals surface area contributed by atoms with Gasteiger partial charge in [-0.25, -0.2) is 9.13 Å². The van der Waals surface area contributed by atoms with Crippen LogP contribution in [-0.2, 0) is 16.6 Å². The summed E-state index contributed by atoms with van der Waals surface area (Å²) in [7, 11) is 3.68. The lowest BCUT2D eigenvalue weighted by atomic mass is 10.6. The van der Waals surface area contributed by atoms with Crippen molar-refractivity contribution >= 4 is 5.97 Å². The number of methoxy groups -OCH3 is 1. The lowest BCUT2D eigenvalue weighted by Gasteiger charge is -2.02. The van der Waals surface area contributed by atoms with Crippen molar-refractivity contribution < 1.29 is 19.2 Å². The van der Waals surface area contributed by atoms with Crippen LogP contribution in [0.4, 0.5) is 0 Å². The number of imidazole rings is 1. The van der Waals surface area contributed by atoms with Crippen LogP contribution in [0.1, 0.15) is 13.2 Å². The molecule has 0 aromatic carbocycles. The van der Waals surface area contributed by atoms with Crippen molar-refractivity contribution in [2.45, 2.75) is 13.2 Å². The predicted octanol–water partition coefficient (Wildman–Crippen LogP) is -1.83. The van der Waals surface area contributed by atoms with Crippen molar-refractivity contribution in [1.82, 2.24) is 4.57 Å². The molecule has 1 aromatic rings. The minimum absolute atomic E-state index is 0.126. The van der Waals surface area contributed by atoms with Crippen LogP contribution in [0.2, 0.25) is 0 Å². The van der Waals surface area contributed by atoms with Gasteiger partial charge in [0.05, 0.1) is 13.0 Å². The summed E-state index contributed by atoms with van der Waals surface area (Å²) in [5.74, 6) is -1.22. The van der Waals surface area contributed by atoms with Crippen LogP contribution in [0.25, 0.3) is 0 Å². The maximum Gasteiger partial charge on any atom is 0.245 e. The van der Waals surface area contributed by atoms with Crippen molar-refractivity contribution in [3.8, 4) is 0 Å². The summed E-state index contributed by atoms with van der Waals surface area (Å²) >= 11 is 0. The topological polar surface area (TPSA) is 84.2 Å². The highest BCUT2D eigenvalue weighted by Crippen LogP contribution is 2.01. The van der Waals surface area contributed by atoms with E-state index >= 15 is 0 Å². The minimum Gasteiger partial charge on any atom is -0.549 e. The minimum atomic E-state index is -1.22. The number of hydrogen-bond acceptors (Lipinski definition) is 4. The highest BCUT2D eigenvalue weighted by molar-refractivity contribution is 5.66. The Balaban J connectivity index is 0.000000336. The highest BCUT2D eigenvalue weighted by Gasteiger charge is 2.06. The van der Waals surface area contributed by atoms with Crippen molar-refractivity contribution in [3.63, 3.8) is 0 Å². The maximum absolute atomic E-state index is 9.13. The van der Waals surface area contributed by atoms with E-state index < -0.39 is 5.97 Å². The molecule has 0 fully saturated rings. The summed E-state index contributed by atoms with van der Waals surface area (Å²) in [5, 5.41) is 9.13. The third-order valence-electron chi connectivity index (χ3n) is 1.72. The first-order valence-electron chi connectivity index (χ1n) is 4.46. The Morgan fingerprint density at radius 1 is 1.73 bits per heavy atom. The number of hydrogen-bond donors (Lipinski definition) is 1. The Kier molecular flexibility index (Phi) is 6.32. The number of carbonyl (C=O) groups excluding carboxylic acids is 1. The zero-order chi connectivity index (χ0) is 11.8. The molecule has 0 bridgehead atoms. The summed E-state index contributed by atoms with van der Waals surface area (Å²) in [6.07, 6.45) is 6.07. The molecule has 0 saturated heterocycles. The zero-order valence-electron chi connectivity index (χ0n) is 9.21. The summed E-state index contributed by atoms with van der Waals surface area (Å²) in [5.41, 5.74) is 4.51. The molecule has 15 heavy (non-hydrogen) atoms. The molecule has 1 aromatic heterocycles. The molecule has 1 unspecified atom stereocenters. The second-order valence-corrected chi connectivity index (χ2v) is 2.94. The van der Waals surface area contributed by atoms with E-state index in [2.05, 4.69) is 5.73 Å². The summed E-state index contributed by atoms with van der Waals surface area (Å²) in [6, 6.07) is 0. The van der Waals surface area contributed by atoms with Crippen molar-refractivity contribution in [1.29, 1.82) is 0 Å². The highest BCUT2D eigenvalue weighted by atomic mass is 16.5. The number of rotatable bonds is 3. The van der Waals surface area contributed by atoms with E-state index in [0.717, 1.165) is 0 Å². The molecule has 1 heterocycles. The Bertz CT molecular complexity index is 299. The zero-order valence-corrected chi connectivity index (χ0v) is 9.21.